The first kappa shape index (κ1) is 10.1. The molecule has 0 unspecified atom stereocenters. The predicted octanol–water partition coefficient (Wildman–Crippen LogP) is 2.46. The van der Waals surface area contributed by atoms with Crippen LogP contribution in [-0.2, 0) is 7.05 Å². The second kappa shape index (κ2) is 3.98. The van der Waals surface area contributed by atoms with E-state index in [1.54, 1.807) is 16.4 Å². The minimum Gasteiger partial charge on any atom is -0.398 e. The molecule has 1 heterocycles. The van der Waals surface area contributed by atoms with E-state index in [2.05, 4.69) is 11.2 Å². The standard InChI is InChI=1S/C11H13N3S/c1-8-10(12)4-3-5-11(8)15-9-6-13-14(2)7-9/h3-7H,12H2,1-2H3. The summed E-state index contributed by atoms with van der Waals surface area (Å²) >= 11 is 1.69. The first-order chi connectivity index (χ1) is 7.16. The average Bonchev–Trinajstić information content (AvgIpc) is 2.59. The second-order valence-electron chi connectivity index (χ2n) is 3.42. The van der Waals surface area contributed by atoms with Crippen molar-refractivity contribution >= 4 is 17.4 Å². The molecular weight excluding hydrogens is 206 g/mol. The fraction of sp³-hybridized carbons (Fsp3) is 0.182. The average molecular weight is 219 g/mol. The largest absolute Gasteiger partial charge is 0.398 e. The first-order valence-corrected chi connectivity index (χ1v) is 5.50. The van der Waals surface area contributed by atoms with Gasteiger partial charge in [-0.1, -0.05) is 17.8 Å². The molecule has 2 rings (SSSR count). The van der Waals surface area contributed by atoms with Crippen LogP contribution < -0.4 is 5.73 Å². The van der Waals surface area contributed by atoms with E-state index in [0.717, 1.165) is 16.1 Å². The number of hydrogen-bond donors (Lipinski definition) is 1. The van der Waals surface area contributed by atoms with Gasteiger partial charge in [0.05, 0.1) is 11.1 Å². The number of anilines is 1. The zero-order valence-electron chi connectivity index (χ0n) is 8.77. The van der Waals surface area contributed by atoms with Gasteiger partial charge >= 0.3 is 0 Å². The van der Waals surface area contributed by atoms with Crippen LogP contribution in [0.1, 0.15) is 5.56 Å². The third kappa shape index (κ3) is 2.15. The molecule has 0 saturated carbocycles. The van der Waals surface area contributed by atoms with Crippen LogP contribution in [0.4, 0.5) is 5.69 Å². The number of nitrogens with two attached hydrogens (primary N) is 1. The lowest BCUT2D eigenvalue weighted by Crippen LogP contribution is -1.90. The topological polar surface area (TPSA) is 43.8 Å². The number of benzene rings is 1. The van der Waals surface area contributed by atoms with E-state index >= 15 is 0 Å². The Balaban J connectivity index is 2.28. The summed E-state index contributed by atoms with van der Waals surface area (Å²) in [5.74, 6) is 0. The van der Waals surface area contributed by atoms with Crippen LogP contribution >= 0.6 is 11.8 Å². The Morgan fingerprint density at radius 1 is 1.40 bits per heavy atom. The minimum atomic E-state index is 0.837. The molecule has 4 heteroatoms. The van der Waals surface area contributed by atoms with Gasteiger partial charge in [-0.2, -0.15) is 5.10 Å². The van der Waals surface area contributed by atoms with Gasteiger partial charge in [0.1, 0.15) is 0 Å². The number of nitrogen functional groups attached to an aromatic ring is 1. The van der Waals surface area contributed by atoms with Crippen LogP contribution in [0.15, 0.2) is 40.4 Å². The number of rotatable bonds is 2. The van der Waals surface area contributed by atoms with Gasteiger partial charge in [0, 0.05) is 23.8 Å². The monoisotopic (exact) mass is 219 g/mol. The molecule has 0 atom stereocenters. The molecule has 2 aromatic rings. The van der Waals surface area contributed by atoms with E-state index in [1.165, 1.54) is 4.90 Å². The van der Waals surface area contributed by atoms with Gasteiger partial charge in [-0.05, 0) is 24.6 Å². The van der Waals surface area contributed by atoms with E-state index in [0.29, 0.717) is 0 Å². The van der Waals surface area contributed by atoms with Crippen LogP contribution in [0.5, 0.6) is 0 Å². The molecule has 15 heavy (non-hydrogen) atoms. The summed E-state index contributed by atoms with van der Waals surface area (Å²) < 4.78 is 1.80. The molecule has 0 bridgehead atoms. The molecular formula is C11H13N3S. The molecule has 1 aromatic carbocycles. The quantitative estimate of drug-likeness (QED) is 0.789. The molecule has 0 fully saturated rings. The lowest BCUT2D eigenvalue weighted by Gasteiger charge is -2.05. The fourth-order valence-corrected chi connectivity index (χ4v) is 2.30. The summed E-state index contributed by atoms with van der Waals surface area (Å²) in [7, 11) is 1.91. The molecule has 2 N–H and O–H groups in total. The smallest absolute Gasteiger partial charge is 0.0629 e. The summed E-state index contributed by atoms with van der Waals surface area (Å²) in [5, 5.41) is 4.13. The van der Waals surface area contributed by atoms with Gasteiger partial charge in [0.25, 0.3) is 0 Å². The number of aromatic nitrogens is 2. The third-order valence-electron chi connectivity index (χ3n) is 2.23. The van der Waals surface area contributed by atoms with E-state index in [4.69, 9.17) is 5.73 Å². The van der Waals surface area contributed by atoms with Crippen molar-refractivity contribution in [2.24, 2.45) is 7.05 Å². The van der Waals surface area contributed by atoms with Crippen LogP contribution in [0.25, 0.3) is 0 Å². The lowest BCUT2D eigenvalue weighted by molar-refractivity contribution is 0.766. The number of nitrogens with zero attached hydrogens (tertiary/aromatic N) is 2. The van der Waals surface area contributed by atoms with Crippen LogP contribution in [0, 0.1) is 6.92 Å². The van der Waals surface area contributed by atoms with Crippen molar-refractivity contribution in [3.8, 4) is 0 Å². The summed E-state index contributed by atoms with van der Waals surface area (Å²) in [6, 6.07) is 5.97. The predicted molar refractivity (Wildman–Crippen MR) is 62.9 cm³/mol. The summed E-state index contributed by atoms with van der Waals surface area (Å²) in [6.07, 6.45) is 3.85. The summed E-state index contributed by atoms with van der Waals surface area (Å²) in [6.45, 7) is 2.04. The van der Waals surface area contributed by atoms with Crippen LogP contribution in [0.2, 0.25) is 0 Å². The highest BCUT2D eigenvalue weighted by Crippen LogP contribution is 2.31. The van der Waals surface area contributed by atoms with Crippen molar-refractivity contribution in [3.63, 3.8) is 0 Å². The van der Waals surface area contributed by atoms with Gasteiger partial charge < -0.3 is 5.73 Å². The van der Waals surface area contributed by atoms with Crippen molar-refractivity contribution in [2.45, 2.75) is 16.7 Å². The molecule has 0 aliphatic heterocycles. The minimum absolute atomic E-state index is 0.837. The Labute approximate surface area is 93.3 Å². The number of hydrogen-bond acceptors (Lipinski definition) is 3. The van der Waals surface area contributed by atoms with Gasteiger partial charge in [0.15, 0.2) is 0 Å². The summed E-state index contributed by atoms with van der Waals surface area (Å²) in [4.78, 5) is 2.31. The highest BCUT2D eigenvalue weighted by molar-refractivity contribution is 7.99. The SMILES string of the molecule is Cc1c(N)cccc1Sc1cnn(C)c1. The highest BCUT2D eigenvalue weighted by Gasteiger charge is 2.04. The zero-order chi connectivity index (χ0) is 10.8. The third-order valence-corrected chi connectivity index (χ3v) is 3.34. The molecule has 0 saturated heterocycles. The van der Waals surface area contributed by atoms with E-state index in [-0.39, 0.29) is 0 Å². The first-order valence-electron chi connectivity index (χ1n) is 4.68. The van der Waals surface area contributed by atoms with Crippen molar-refractivity contribution in [2.75, 3.05) is 5.73 Å². The van der Waals surface area contributed by atoms with Crippen molar-refractivity contribution in [3.05, 3.63) is 36.2 Å². The normalized spacial score (nSPS) is 10.5. The second-order valence-corrected chi connectivity index (χ2v) is 4.54. The zero-order valence-corrected chi connectivity index (χ0v) is 9.58. The molecule has 0 aliphatic rings. The van der Waals surface area contributed by atoms with Gasteiger partial charge in [-0.15, -0.1) is 0 Å². The molecule has 0 aliphatic carbocycles. The maximum atomic E-state index is 5.85. The van der Waals surface area contributed by atoms with Crippen LogP contribution in [-0.4, -0.2) is 9.78 Å². The lowest BCUT2D eigenvalue weighted by atomic mass is 10.2. The van der Waals surface area contributed by atoms with E-state index in [9.17, 15) is 0 Å². The van der Waals surface area contributed by atoms with Gasteiger partial charge in [0.2, 0.25) is 0 Å². The van der Waals surface area contributed by atoms with Crippen molar-refractivity contribution < 1.29 is 0 Å². The van der Waals surface area contributed by atoms with Crippen molar-refractivity contribution in [1.29, 1.82) is 0 Å². The Morgan fingerprint density at radius 3 is 2.87 bits per heavy atom. The summed E-state index contributed by atoms with van der Waals surface area (Å²) in [5.41, 5.74) is 7.81. The maximum Gasteiger partial charge on any atom is 0.0629 e. The van der Waals surface area contributed by atoms with Gasteiger partial charge in [-0.25, -0.2) is 0 Å². The Hall–Kier alpha value is -1.42. The van der Waals surface area contributed by atoms with Crippen LogP contribution in [0.3, 0.4) is 0 Å². The Kier molecular flexibility index (Phi) is 2.68. The Morgan fingerprint density at radius 2 is 2.20 bits per heavy atom. The highest BCUT2D eigenvalue weighted by atomic mass is 32.2. The Bertz CT molecular complexity index is 476. The molecule has 3 nitrogen and oxygen atoms in total. The van der Waals surface area contributed by atoms with E-state index < -0.39 is 0 Å². The van der Waals surface area contributed by atoms with Gasteiger partial charge in [-0.3, -0.25) is 4.68 Å². The fourth-order valence-electron chi connectivity index (χ4n) is 1.32. The molecule has 0 radical (unpaired) electrons. The van der Waals surface area contributed by atoms with Crippen molar-refractivity contribution in [1.82, 2.24) is 9.78 Å². The molecule has 1 aromatic heterocycles. The molecule has 78 valence electrons. The van der Waals surface area contributed by atoms with E-state index in [1.807, 2.05) is 38.5 Å². The number of aryl methyl sites for hydroxylation is 1. The molecule has 0 amide bonds. The molecule has 0 spiro atoms. The maximum absolute atomic E-state index is 5.85.